The van der Waals surface area contributed by atoms with Gasteiger partial charge < -0.3 is 10.2 Å². The minimum atomic E-state index is 0.141. The highest BCUT2D eigenvalue weighted by molar-refractivity contribution is 5.48. The molecule has 2 N–H and O–H groups in total. The molecule has 1 spiro atoms. The molecular formula is C23H36O2. The van der Waals surface area contributed by atoms with E-state index >= 15 is 0 Å². The van der Waals surface area contributed by atoms with E-state index in [9.17, 15) is 10.2 Å². The molecule has 0 aromatic rings. The van der Waals surface area contributed by atoms with Crippen LogP contribution in [0, 0.1) is 45.8 Å². The van der Waals surface area contributed by atoms with Crippen molar-refractivity contribution in [2.75, 3.05) is 13.2 Å². The fraction of sp³-hybridized carbons (Fsp3) is 0.826. The summed E-state index contributed by atoms with van der Waals surface area (Å²) >= 11 is 0. The molecule has 25 heavy (non-hydrogen) atoms. The number of hydrogen-bond acceptors (Lipinski definition) is 2. The van der Waals surface area contributed by atoms with Crippen LogP contribution in [0.3, 0.4) is 0 Å². The van der Waals surface area contributed by atoms with Crippen molar-refractivity contribution in [2.45, 2.75) is 59.8 Å². The molecule has 4 aliphatic rings. The number of rotatable bonds is 3. The lowest BCUT2D eigenvalue weighted by Crippen LogP contribution is -2.52. The molecule has 3 saturated carbocycles. The average molecular weight is 345 g/mol. The van der Waals surface area contributed by atoms with E-state index in [-0.39, 0.29) is 17.4 Å². The van der Waals surface area contributed by atoms with Gasteiger partial charge in [-0.2, -0.15) is 0 Å². The molecule has 3 fully saturated rings. The van der Waals surface area contributed by atoms with Crippen molar-refractivity contribution in [2.24, 2.45) is 45.8 Å². The molecule has 0 aliphatic heterocycles. The molecule has 0 saturated heterocycles. The molecule has 7 atom stereocenters. The van der Waals surface area contributed by atoms with E-state index < -0.39 is 0 Å². The van der Waals surface area contributed by atoms with Gasteiger partial charge in [-0.05, 0) is 71.5 Å². The summed E-state index contributed by atoms with van der Waals surface area (Å²) in [5.41, 5.74) is 3.61. The molecule has 0 unspecified atom stereocenters. The molecule has 0 aromatic carbocycles. The maximum Gasteiger partial charge on any atom is 0.0467 e. The molecule has 0 heterocycles. The van der Waals surface area contributed by atoms with Crippen LogP contribution in [0.1, 0.15) is 59.8 Å². The minimum Gasteiger partial charge on any atom is -0.396 e. The maximum atomic E-state index is 10.2. The smallest absolute Gasteiger partial charge is 0.0467 e. The number of fused-ring (bicyclic) bond motifs is 4. The zero-order valence-electron chi connectivity index (χ0n) is 16.5. The van der Waals surface area contributed by atoms with Gasteiger partial charge in [-0.15, -0.1) is 0 Å². The zero-order chi connectivity index (χ0) is 18.2. The molecule has 4 rings (SSSR count). The van der Waals surface area contributed by atoms with E-state index in [1.807, 2.05) is 0 Å². The Labute approximate surface area is 153 Å². The van der Waals surface area contributed by atoms with Crippen LogP contribution < -0.4 is 0 Å². The first-order chi connectivity index (χ1) is 11.7. The Morgan fingerprint density at radius 1 is 1.24 bits per heavy atom. The molecule has 0 radical (unpaired) electrons. The van der Waals surface area contributed by atoms with Gasteiger partial charge in [0, 0.05) is 13.2 Å². The van der Waals surface area contributed by atoms with Crippen molar-refractivity contribution in [1.29, 1.82) is 0 Å². The van der Waals surface area contributed by atoms with Crippen LogP contribution in [-0.2, 0) is 0 Å². The van der Waals surface area contributed by atoms with E-state index in [0.717, 1.165) is 19.3 Å². The Hall–Kier alpha value is -0.600. The standard InChI is InChI=1S/C23H36O2/c1-14-11-18-22(5,20-19(14)21(20,3)4)15(2)16(8-10-24)12-23(18)9-6-7-17(23)13-25/h11,15-17,19-20,24-25H,1,6-10,12-13H2,2-5H3/t15-,16+,17-,19+,20-,22+,23-/m0/s1. The second kappa shape index (κ2) is 5.45. The third-order valence-electron chi connectivity index (χ3n) is 9.28. The molecule has 0 bridgehead atoms. The Balaban J connectivity index is 1.87. The van der Waals surface area contributed by atoms with Crippen molar-refractivity contribution in [3.63, 3.8) is 0 Å². The fourth-order valence-corrected chi connectivity index (χ4v) is 8.05. The maximum absolute atomic E-state index is 10.2. The Kier molecular flexibility index (Phi) is 3.88. The number of hydrogen-bond donors (Lipinski definition) is 2. The van der Waals surface area contributed by atoms with Crippen LogP contribution in [0.15, 0.2) is 23.8 Å². The van der Waals surface area contributed by atoms with E-state index in [2.05, 4.69) is 40.3 Å². The summed E-state index contributed by atoms with van der Waals surface area (Å²) < 4.78 is 0. The highest BCUT2D eigenvalue weighted by Crippen LogP contribution is 2.79. The van der Waals surface area contributed by atoms with E-state index in [4.69, 9.17) is 0 Å². The van der Waals surface area contributed by atoms with E-state index in [1.165, 1.54) is 18.4 Å². The van der Waals surface area contributed by atoms with Crippen LogP contribution in [0.25, 0.3) is 0 Å². The molecule has 2 nitrogen and oxygen atoms in total. The van der Waals surface area contributed by atoms with Gasteiger partial charge in [0.05, 0.1) is 0 Å². The summed E-state index contributed by atoms with van der Waals surface area (Å²) in [5, 5.41) is 19.9. The highest BCUT2D eigenvalue weighted by atomic mass is 16.3. The van der Waals surface area contributed by atoms with Crippen molar-refractivity contribution in [3.8, 4) is 0 Å². The molecule has 140 valence electrons. The van der Waals surface area contributed by atoms with Crippen molar-refractivity contribution >= 4 is 0 Å². The summed E-state index contributed by atoms with van der Waals surface area (Å²) in [6, 6.07) is 0. The summed E-state index contributed by atoms with van der Waals surface area (Å²) in [7, 11) is 0. The van der Waals surface area contributed by atoms with Gasteiger partial charge in [-0.3, -0.25) is 0 Å². The van der Waals surface area contributed by atoms with Crippen molar-refractivity contribution < 1.29 is 10.2 Å². The number of aliphatic hydroxyl groups is 2. The van der Waals surface area contributed by atoms with Gasteiger partial charge in [-0.25, -0.2) is 0 Å². The van der Waals surface area contributed by atoms with E-state index in [1.54, 1.807) is 5.57 Å². The summed E-state index contributed by atoms with van der Waals surface area (Å²) in [6.45, 7) is 14.8. The predicted molar refractivity (Wildman–Crippen MR) is 102 cm³/mol. The van der Waals surface area contributed by atoms with Gasteiger partial charge in [0.2, 0.25) is 0 Å². The monoisotopic (exact) mass is 344 g/mol. The quantitative estimate of drug-likeness (QED) is 0.787. The first-order valence-electron chi connectivity index (χ1n) is 10.4. The Morgan fingerprint density at radius 2 is 1.96 bits per heavy atom. The molecule has 4 aliphatic carbocycles. The van der Waals surface area contributed by atoms with Crippen molar-refractivity contribution in [3.05, 3.63) is 23.8 Å². The van der Waals surface area contributed by atoms with Crippen LogP contribution in [-0.4, -0.2) is 23.4 Å². The first-order valence-corrected chi connectivity index (χ1v) is 10.4. The van der Waals surface area contributed by atoms with Crippen LogP contribution >= 0.6 is 0 Å². The van der Waals surface area contributed by atoms with E-state index in [0.29, 0.717) is 41.6 Å². The second-order valence-electron chi connectivity index (χ2n) is 10.4. The zero-order valence-corrected chi connectivity index (χ0v) is 16.5. The van der Waals surface area contributed by atoms with Gasteiger partial charge in [0.25, 0.3) is 0 Å². The first kappa shape index (κ1) is 17.8. The van der Waals surface area contributed by atoms with Gasteiger partial charge in [0.15, 0.2) is 0 Å². The highest BCUT2D eigenvalue weighted by Gasteiger charge is 2.73. The van der Waals surface area contributed by atoms with Gasteiger partial charge in [0.1, 0.15) is 0 Å². The van der Waals surface area contributed by atoms with Crippen molar-refractivity contribution in [1.82, 2.24) is 0 Å². The summed E-state index contributed by atoms with van der Waals surface area (Å²) in [6.07, 6.45) is 8.10. The molecule has 0 amide bonds. The lowest BCUT2D eigenvalue weighted by molar-refractivity contribution is -0.0177. The predicted octanol–water partition coefficient (Wildman–Crippen LogP) is 4.58. The third kappa shape index (κ3) is 2.04. The molecule has 0 aromatic heterocycles. The SMILES string of the molecule is C=C1C=C2[C@@]3(CCC[C@H]3CO)C[C@@H](CCO)[C@H](C)[C@@]2(C)[C@H]2[C@@H]1C2(C)C. The largest absolute Gasteiger partial charge is 0.396 e. The van der Waals surface area contributed by atoms with Gasteiger partial charge in [-0.1, -0.05) is 57.9 Å². The lowest BCUT2D eigenvalue weighted by Gasteiger charge is -2.59. The normalized spacial score (nSPS) is 50.4. The second-order valence-corrected chi connectivity index (χ2v) is 10.4. The molecule has 2 heteroatoms. The van der Waals surface area contributed by atoms with Crippen LogP contribution in [0.4, 0.5) is 0 Å². The molecular weight excluding hydrogens is 308 g/mol. The average Bonchev–Trinajstić information content (AvgIpc) is 2.96. The third-order valence-corrected chi connectivity index (χ3v) is 9.28. The van der Waals surface area contributed by atoms with Crippen LogP contribution in [0.5, 0.6) is 0 Å². The van der Waals surface area contributed by atoms with Crippen LogP contribution in [0.2, 0.25) is 0 Å². The lowest BCUT2D eigenvalue weighted by atomic mass is 9.45. The number of aliphatic hydroxyl groups excluding tert-OH is 2. The number of allylic oxidation sites excluding steroid dienone is 3. The minimum absolute atomic E-state index is 0.141. The fourth-order valence-electron chi connectivity index (χ4n) is 8.05. The topological polar surface area (TPSA) is 40.5 Å². The van der Waals surface area contributed by atoms with Gasteiger partial charge >= 0.3 is 0 Å². The summed E-state index contributed by atoms with van der Waals surface area (Å²) in [5.74, 6) is 2.81. The Morgan fingerprint density at radius 3 is 2.60 bits per heavy atom. The Bertz CT molecular complexity index is 618. The summed E-state index contributed by atoms with van der Waals surface area (Å²) in [4.78, 5) is 0.